The highest BCUT2D eigenvalue weighted by Gasteiger charge is 2.12. The second-order valence-electron chi connectivity index (χ2n) is 4.70. The largest absolute Gasteiger partial charge is 0.381 e. The second kappa shape index (κ2) is 9.50. The summed E-state index contributed by atoms with van der Waals surface area (Å²) in [4.78, 5) is 0.219. The zero-order valence-electron chi connectivity index (χ0n) is 12.3. The third-order valence-corrected chi connectivity index (χ3v) is 4.39. The van der Waals surface area contributed by atoms with E-state index < -0.39 is 10.0 Å². The molecule has 0 saturated heterocycles. The van der Waals surface area contributed by atoms with Gasteiger partial charge in [-0.2, -0.15) is 5.26 Å². The smallest absolute Gasteiger partial charge is 0.240 e. The molecule has 0 fully saturated rings. The number of benzene rings is 1. The van der Waals surface area contributed by atoms with Crippen LogP contribution in [0.15, 0.2) is 29.2 Å². The lowest BCUT2D eigenvalue weighted by atomic mass is 10.2. The third kappa shape index (κ3) is 6.71. The lowest BCUT2D eigenvalue weighted by Gasteiger charge is -2.07. The SMILES string of the molecule is CCCCOCCCNS(=O)(=O)c1ccc(CC#N)cc1. The van der Waals surface area contributed by atoms with Crippen LogP contribution in [0, 0.1) is 11.3 Å². The average molecular weight is 310 g/mol. The zero-order chi connectivity index (χ0) is 15.6. The fraction of sp³-hybridized carbons (Fsp3) is 0.533. The molecule has 5 nitrogen and oxygen atoms in total. The maximum atomic E-state index is 12.0. The minimum atomic E-state index is -3.48. The summed E-state index contributed by atoms with van der Waals surface area (Å²) >= 11 is 0. The summed E-state index contributed by atoms with van der Waals surface area (Å²) in [5, 5.41) is 8.58. The highest BCUT2D eigenvalue weighted by molar-refractivity contribution is 7.89. The second-order valence-corrected chi connectivity index (χ2v) is 6.46. The molecule has 116 valence electrons. The average Bonchev–Trinajstić information content (AvgIpc) is 2.47. The van der Waals surface area contributed by atoms with Crippen LogP contribution in [0.25, 0.3) is 0 Å². The summed E-state index contributed by atoms with van der Waals surface area (Å²) in [5.74, 6) is 0. The first-order chi connectivity index (χ1) is 10.1. The minimum absolute atomic E-state index is 0.219. The maximum Gasteiger partial charge on any atom is 0.240 e. The molecular formula is C15H22N2O3S. The Morgan fingerprint density at radius 2 is 1.86 bits per heavy atom. The van der Waals surface area contributed by atoms with E-state index in [9.17, 15) is 8.42 Å². The van der Waals surface area contributed by atoms with Crippen molar-refractivity contribution in [3.8, 4) is 6.07 Å². The number of rotatable bonds is 10. The van der Waals surface area contributed by atoms with Gasteiger partial charge in [-0.15, -0.1) is 0 Å². The number of hydrogen-bond acceptors (Lipinski definition) is 4. The molecule has 0 aliphatic heterocycles. The molecule has 0 saturated carbocycles. The van der Waals surface area contributed by atoms with Crippen LogP contribution in [-0.2, 0) is 21.2 Å². The van der Waals surface area contributed by atoms with E-state index >= 15 is 0 Å². The number of nitrogens with one attached hydrogen (secondary N) is 1. The van der Waals surface area contributed by atoms with Crippen molar-refractivity contribution in [2.24, 2.45) is 0 Å². The first-order valence-electron chi connectivity index (χ1n) is 7.13. The first kappa shape index (κ1) is 17.6. The highest BCUT2D eigenvalue weighted by atomic mass is 32.2. The molecule has 0 heterocycles. The van der Waals surface area contributed by atoms with Gasteiger partial charge in [0.15, 0.2) is 0 Å². The van der Waals surface area contributed by atoms with Crippen LogP contribution in [0.2, 0.25) is 0 Å². The number of nitrogens with zero attached hydrogens (tertiary/aromatic N) is 1. The summed E-state index contributed by atoms with van der Waals surface area (Å²) in [6, 6.07) is 8.38. The van der Waals surface area contributed by atoms with Crippen molar-refractivity contribution in [1.82, 2.24) is 4.72 Å². The van der Waals surface area contributed by atoms with Crippen molar-refractivity contribution in [3.63, 3.8) is 0 Å². The molecular weight excluding hydrogens is 288 g/mol. The van der Waals surface area contributed by atoms with Crippen LogP contribution in [0.5, 0.6) is 0 Å². The van der Waals surface area contributed by atoms with Gasteiger partial charge in [-0.25, -0.2) is 13.1 Å². The molecule has 0 spiro atoms. The molecule has 0 aliphatic carbocycles. The quantitative estimate of drug-likeness (QED) is 0.672. The van der Waals surface area contributed by atoms with E-state index in [0.29, 0.717) is 19.6 Å². The van der Waals surface area contributed by atoms with E-state index in [4.69, 9.17) is 10.00 Å². The minimum Gasteiger partial charge on any atom is -0.381 e. The predicted molar refractivity (Wildman–Crippen MR) is 81.3 cm³/mol. The van der Waals surface area contributed by atoms with E-state index in [2.05, 4.69) is 11.6 Å². The Kier molecular flexibility index (Phi) is 7.98. The fourth-order valence-electron chi connectivity index (χ4n) is 1.69. The molecule has 1 aromatic carbocycles. The van der Waals surface area contributed by atoms with E-state index in [1.807, 2.05) is 6.07 Å². The van der Waals surface area contributed by atoms with Gasteiger partial charge in [0, 0.05) is 19.8 Å². The Morgan fingerprint density at radius 3 is 2.48 bits per heavy atom. The predicted octanol–water partition coefficient (Wildman–Crippen LogP) is 2.24. The monoisotopic (exact) mass is 310 g/mol. The Balaban J connectivity index is 2.37. The van der Waals surface area contributed by atoms with Gasteiger partial charge in [-0.1, -0.05) is 25.5 Å². The molecule has 0 atom stereocenters. The van der Waals surface area contributed by atoms with Crippen LogP contribution in [0.3, 0.4) is 0 Å². The van der Waals surface area contributed by atoms with Gasteiger partial charge in [0.1, 0.15) is 0 Å². The van der Waals surface area contributed by atoms with E-state index in [1.54, 1.807) is 12.1 Å². The van der Waals surface area contributed by atoms with Gasteiger partial charge in [0.25, 0.3) is 0 Å². The van der Waals surface area contributed by atoms with Crippen LogP contribution < -0.4 is 4.72 Å². The molecule has 21 heavy (non-hydrogen) atoms. The molecule has 1 rings (SSSR count). The molecule has 6 heteroatoms. The molecule has 1 aromatic rings. The Morgan fingerprint density at radius 1 is 1.19 bits per heavy atom. The van der Waals surface area contributed by atoms with Crippen LogP contribution in [-0.4, -0.2) is 28.2 Å². The van der Waals surface area contributed by atoms with Crippen LogP contribution in [0.4, 0.5) is 0 Å². The molecule has 0 aliphatic rings. The summed E-state index contributed by atoms with van der Waals surface area (Å²) < 4.78 is 32.0. The van der Waals surface area contributed by atoms with Crippen LogP contribution in [0.1, 0.15) is 31.7 Å². The number of nitriles is 1. The van der Waals surface area contributed by atoms with Crippen molar-refractivity contribution < 1.29 is 13.2 Å². The normalized spacial score (nSPS) is 11.2. The maximum absolute atomic E-state index is 12.0. The lowest BCUT2D eigenvalue weighted by molar-refractivity contribution is 0.130. The van der Waals surface area contributed by atoms with Gasteiger partial charge in [-0.05, 0) is 30.5 Å². The topological polar surface area (TPSA) is 79.2 Å². The summed E-state index contributed by atoms with van der Waals surface area (Å²) in [7, 11) is -3.48. The number of ether oxygens (including phenoxy) is 1. The van der Waals surface area contributed by atoms with Crippen molar-refractivity contribution >= 4 is 10.0 Å². The number of sulfonamides is 1. The summed E-state index contributed by atoms with van der Waals surface area (Å²) in [6.07, 6.45) is 3.05. The number of hydrogen-bond donors (Lipinski definition) is 1. The van der Waals surface area contributed by atoms with E-state index in [-0.39, 0.29) is 11.3 Å². The van der Waals surface area contributed by atoms with E-state index in [1.165, 1.54) is 12.1 Å². The first-order valence-corrected chi connectivity index (χ1v) is 8.61. The summed E-state index contributed by atoms with van der Waals surface area (Å²) in [6.45, 7) is 3.74. The lowest BCUT2D eigenvalue weighted by Crippen LogP contribution is -2.25. The van der Waals surface area contributed by atoms with Crippen molar-refractivity contribution in [1.29, 1.82) is 5.26 Å². The van der Waals surface area contributed by atoms with Crippen molar-refractivity contribution in [2.75, 3.05) is 19.8 Å². The Labute approximate surface area is 127 Å². The molecule has 0 unspecified atom stereocenters. The van der Waals surface area contributed by atoms with Crippen LogP contribution >= 0.6 is 0 Å². The highest BCUT2D eigenvalue weighted by Crippen LogP contribution is 2.10. The van der Waals surface area contributed by atoms with Crippen molar-refractivity contribution in [2.45, 2.75) is 37.5 Å². The summed E-state index contributed by atoms with van der Waals surface area (Å²) in [5.41, 5.74) is 0.806. The van der Waals surface area contributed by atoms with Gasteiger partial charge in [-0.3, -0.25) is 0 Å². The molecule has 0 amide bonds. The van der Waals surface area contributed by atoms with Gasteiger partial charge in [0.05, 0.1) is 17.4 Å². The molecule has 0 bridgehead atoms. The zero-order valence-corrected chi connectivity index (χ0v) is 13.2. The van der Waals surface area contributed by atoms with E-state index in [0.717, 1.165) is 25.0 Å². The van der Waals surface area contributed by atoms with Crippen molar-refractivity contribution in [3.05, 3.63) is 29.8 Å². The molecule has 0 aromatic heterocycles. The Hall–Kier alpha value is -1.42. The molecule has 1 N–H and O–H groups in total. The fourth-order valence-corrected chi connectivity index (χ4v) is 2.76. The standard InChI is InChI=1S/C15H22N2O3S/c1-2-3-12-20-13-4-11-17-21(18,19)15-7-5-14(6-8-15)9-10-16/h5-8,17H,2-4,9,11-13H2,1H3. The van der Waals surface area contributed by atoms with Gasteiger partial charge < -0.3 is 4.74 Å². The van der Waals surface area contributed by atoms with Gasteiger partial charge in [0.2, 0.25) is 10.0 Å². The molecule has 0 radical (unpaired) electrons. The third-order valence-electron chi connectivity index (χ3n) is 2.92. The Bertz CT molecular complexity index is 547. The number of unbranched alkanes of at least 4 members (excludes halogenated alkanes) is 1. The van der Waals surface area contributed by atoms with Gasteiger partial charge >= 0.3 is 0 Å².